The predicted octanol–water partition coefficient (Wildman–Crippen LogP) is 4.91. The molecule has 0 aliphatic rings. The first-order valence-electron chi connectivity index (χ1n) is 11.1. The second kappa shape index (κ2) is 10.9. The third-order valence-electron chi connectivity index (χ3n) is 5.19. The summed E-state index contributed by atoms with van der Waals surface area (Å²) >= 11 is 0. The van der Waals surface area contributed by atoms with E-state index in [0.29, 0.717) is 29.5 Å². The quantitative estimate of drug-likeness (QED) is 0.437. The number of hydrogen-bond acceptors (Lipinski definition) is 4. The Morgan fingerprint density at radius 2 is 1.71 bits per heavy atom. The van der Waals surface area contributed by atoms with Crippen LogP contribution in [0.1, 0.15) is 52.1 Å². The molecule has 31 heavy (non-hydrogen) atoms. The number of carbonyl (C=O) groups is 1. The third-order valence-corrected chi connectivity index (χ3v) is 5.19. The smallest absolute Gasteiger partial charge is 0.231 e. The Morgan fingerprint density at radius 1 is 1.03 bits per heavy atom. The van der Waals surface area contributed by atoms with Gasteiger partial charge in [-0.1, -0.05) is 26.7 Å². The Kier molecular flexibility index (Phi) is 7.98. The Bertz CT molecular complexity index is 993. The Labute approximate surface area is 183 Å². The van der Waals surface area contributed by atoms with Crippen LogP contribution in [0.3, 0.4) is 0 Å². The topological polar surface area (TPSA) is 59.7 Å². The molecule has 6 nitrogen and oxygen atoms in total. The maximum Gasteiger partial charge on any atom is 0.231 e. The monoisotopic (exact) mass is 426 g/mol. The minimum absolute atomic E-state index is 0.0516. The number of amides is 1. The van der Waals surface area contributed by atoms with Gasteiger partial charge in [0, 0.05) is 24.7 Å². The molecule has 2 aromatic heterocycles. The summed E-state index contributed by atoms with van der Waals surface area (Å²) in [4.78, 5) is 19.9. The van der Waals surface area contributed by atoms with Crippen molar-refractivity contribution in [2.24, 2.45) is 0 Å². The van der Waals surface area contributed by atoms with E-state index in [-0.39, 0.29) is 18.1 Å². The van der Waals surface area contributed by atoms with Gasteiger partial charge in [0.1, 0.15) is 5.82 Å². The average Bonchev–Trinajstić information content (AvgIpc) is 3.12. The second-order valence-electron chi connectivity index (χ2n) is 7.55. The number of rotatable bonds is 11. The summed E-state index contributed by atoms with van der Waals surface area (Å²) in [6.45, 7) is 8.13. The largest absolute Gasteiger partial charge is 0.477 e. The molecule has 0 unspecified atom stereocenters. The summed E-state index contributed by atoms with van der Waals surface area (Å²) < 4.78 is 20.7. The molecule has 2 heterocycles. The highest BCUT2D eigenvalue weighted by atomic mass is 19.1. The van der Waals surface area contributed by atoms with E-state index in [1.165, 1.54) is 12.1 Å². The van der Waals surface area contributed by atoms with E-state index in [1.807, 2.05) is 17.9 Å². The maximum atomic E-state index is 13.5. The number of halogens is 1. The first-order valence-corrected chi connectivity index (χ1v) is 11.1. The molecule has 0 bridgehead atoms. The van der Waals surface area contributed by atoms with Crippen LogP contribution in [-0.4, -0.2) is 45.1 Å². The van der Waals surface area contributed by atoms with Crippen LogP contribution in [0.5, 0.6) is 5.88 Å². The fourth-order valence-electron chi connectivity index (χ4n) is 3.50. The summed E-state index contributed by atoms with van der Waals surface area (Å²) in [6, 6.07) is 9.75. The number of unbranched alkanes of at least 4 members (excludes halogenated alkanes) is 2. The van der Waals surface area contributed by atoms with Crippen molar-refractivity contribution in [1.29, 1.82) is 0 Å². The van der Waals surface area contributed by atoms with E-state index in [1.54, 1.807) is 22.7 Å². The zero-order valence-corrected chi connectivity index (χ0v) is 18.6. The number of benzene rings is 1. The van der Waals surface area contributed by atoms with Gasteiger partial charge >= 0.3 is 0 Å². The van der Waals surface area contributed by atoms with Gasteiger partial charge in [-0.05, 0) is 50.1 Å². The van der Waals surface area contributed by atoms with Gasteiger partial charge in [0.05, 0.1) is 24.4 Å². The molecule has 1 amide bonds. The number of nitrogens with zero attached hydrogens (tertiary/aromatic N) is 4. The zero-order valence-electron chi connectivity index (χ0n) is 18.6. The molecule has 3 aromatic rings. The summed E-state index contributed by atoms with van der Waals surface area (Å²) in [6.07, 6.45) is 4.18. The van der Waals surface area contributed by atoms with Gasteiger partial charge < -0.3 is 9.64 Å². The second-order valence-corrected chi connectivity index (χ2v) is 7.55. The van der Waals surface area contributed by atoms with Crippen LogP contribution in [0.15, 0.2) is 36.4 Å². The Balaban J connectivity index is 2.02. The summed E-state index contributed by atoms with van der Waals surface area (Å²) in [5.41, 5.74) is 2.70. The molecule has 7 heteroatoms. The molecule has 0 spiro atoms. The van der Waals surface area contributed by atoms with Crippen LogP contribution in [-0.2, 0) is 11.2 Å². The van der Waals surface area contributed by atoms with Crippen LogP contribution in [0.4, 0.5) is 4.39 Å². The molecular weight excluding hydrogens is 395 g/mol. The Morgan fingerprint density at radius 3 is 2.32 bits per heavy atom. The first-order chi connectivity index (χ1) is 15.1. The number of carbonyl (C=O) groups excluding carboxylic acids is 1. The molecule has 0 saturated heterocycles. The lowest BCUT2D eigenvalue weighted by Crippen LogP contribution is -2.34. The first kappa shape index (κ1) is 22.7. The number of aromatic nitrogens is 3. The maximum absolute atomic E-state index is 13.5. The van der Waals surface area contributed by atoms with Crippen molar-refractivity contribution < 1.29 is 13.9 Å². The average molecular weight is 427 g/mol. The summed E-state index contributed by atoms with van der Waals surface area (Å²) in [7, 11) is 0. The van der Waals surface area contributed by atoms with Crippen LogP contribution in [0.25, 0.3) is 16.9 Å². The fourth-order valence-corrected chi connectivity index (χ4v) is 3.50. The van der Waals surface area contributed by atoms with Gasteiger partial charge in [-0.25, -0.2) is 13.9 Å². The number of fused-ring (bicyclic) bond motifs is 1. The van der Waals surface area contributed by atoms with Gasteiger partial charge in [-0.15, -0.1) is 5.10 Å². The fraction of sp³-hybridized carbons (Fsp3) is 0.458. The lowest BCUT2D eigenvalue weighted by atomic mass is 10.1. The SMILES string of the molecule is CCCCN(CCCC)C(=O)Cc1c(-c2ccc(F)cc2)nc2ccc(OCC)nn12. The van der Waals surface area contributed by atoms with Gasteiger partial charge in [-0.3, -0.25) is 4.79 Å². The van der Waals surface area contributed by atoms with Gasteiger partial charge in [0.25, 0.3) is 0 Å². The van der Waals surface area contributed by atoms with Crippen LogP contribution in [0, 0.1) is 5.82 Å². The molecule has 0 N–H and O–H groups in total. The third kappa shape index (κ3) is 5.60. The molecule has 3 rings (SSSR count). The van der Waals surface area contributed by atoms with Gasteiger partial charge in [0.2, 0.25) is 11.8 Å². The van der Waals surface area contributed by atoms with Crippen molar-refractivity contribution in [1.82, 2.24) is 19.5 Å². The highest BCUT2D eigenvalue weighted by Crippen LogP contribution is 2.26. The van der Waals surface area contributed by atoms with E-state index < -0.39 is 0 Å². The molecule has 0 aliphatic carbocycles. The minimum atomic E-state index is -0.313. The van der Waals surface area contributed by atoms with Crippen LogP contribution < -0.4 is 4.74 Å². The molecule has 0 atom stereocenters. The van der Waals surface area contributed by atoms with Gasteiger partial charge in [0.15, 0.2) is 5.65 Å². The van der Waals surface area contributed by atoms with Crippen LogP contribution >= 0.6 is 0 Å². The van der Waals surface area contributed by atoms with Gasteiger partial charge in [-0.2, -0.15) is 0 Å². The van der Waals surface area contributed by atoms with Crippen molar-refractivity contribution in [3.8, 4) is 17.1 Å². The lowest BCUT2D eigenvalue weighted by molar-refractivity contribution is -0.130. The summed E-state index contributed by atoms with van der Waals surface area (Å²) in [5, 5.41) is 4.55. The molecule has 0 aliphatic heterocycles. The van der Waals surface area contributed by atoms with E-state index in [9.17, 15) is 9.18 Å². The minimum Gasteiger partial charge on any atom is -0.477 e. The molecule has 0 radical (unpaired) electrons. The number of ether oxygens (including phenoxy) is 1. The lowest BCUT2D eigenvalue weighted by Gasteiger charge is -2.22. The van der Waals surface area contributed by atoms with E-state index in [0.717, 1.165) is 44.3 Å². The standard InChI is InChI=1S/C24H31FN4O2/c1-4-7-15-28(16-8-5-2)23(30)17-20-24(18-9-11-19(25)12-10-18)26-21-13-14-22(31-6-3)27-29(20)21/h9-14H,4-8,15-17H2,1-3H3. The molecule has 0 saturated carbocycles. The van der Waals surface area contributed by atoms with Crippen molar-refractivity contribution in [2.75, 3.05) is 19.7 Å². The van der Waals surface area contributed by atoms with E-state index in [2.05, 4.69) is 18.9 Å². The van der Waals surface area contributed by atoms with Crippen molar-refractivity contribution >= 4 is 11.6 Å². The number of imidazole rings is 1. The molecule has 0 fully saturated rings. The molecule has 1 aromatic carbocycles. The normalized spacial score (nSPS) is 11.1. The van der Waals surface area contributed by atoms with E-state index in [4.69, 9.17) is 9.72 Å². The summed E-state index contributed by atoms with van der Waals surface area (Å²) in [5.74, 6) is 0.212. The van der Waals surface area contributed by atoms with Crippen molar-refractivity contribution in [3.05, 3.63) is 47.9 Å². The predicted molar refractivity (Wildman–Crippen MR) is 120 cm³/mol. The van der Waals surface area contributed by atoms with E-state index >= 15 is 0 Å². The number of hydrogen-bond donors (Lipinski definition) is 0. The highest BCUT2D eigenvalue weighted by Gasteiger charge is 2.22. The highest BCUT2D eigenvalue weighted by molar-refractivity contribution is 5.81. The van der Waals surface area contributed by atoms with Crippen molar-refractivity contribution in [2.45, 2.75) is 52.9 Å². The van der Waals surface area contributed by atoms with Crippen molar-refractivity contribution in [3.63, 3.8) is 0 Å². The molecule has 166 valence electrons. The Hall–Kier alpha value is -2.96. The van der Waals surface area contributed by atoms with Crippen LogP contribution in [0.2, 0.25) is 0 Å². The zero-order chi connectivity index (χ0) is 22.2. The molecular formula is C24H31FN4O2.